The third kappa shape index (κ3) is 3.13. The van der Waals surface area contributed by atoms with Crippen LogP contribution in [0.25, 0.3) is 5.65 Å². The highest BCUT2D eigenvalue weighted by atomic mass is 16.2. The molecule has 1 atom stereocenters. The molecule has 1 amide bonds. The van der Waals surface area contributed by atoms with Crippen LogP contribution in [0.3, 0.4) is 0 Å². The summed E-state index contributed by atoms with van der Waals surface area (Å²) in [5.74, 6) is 0.0561. The van der Waals surface area contributed by atoms with Gasteiger partial charge in [0.25, 0.3) is 5.56 Å². The second kappa shape index (κ2) is 6.98. The summed E-state index contributed by atoms with van der Waals surface area (Å²) in [6, 6.07) is 7.43. The fraction of sp³-hybridized carbons (Fsp3) is 0.400. The SMILES string of the molecule is CCc1c(C)nc2cc([C@H]3CCCN3C(=O)Cc3ccccn3)[nH]n2c1=O. The standard InChI is InChI=1S/C20H23N5O2/c1-3-15-13(2)22-18-12-16(23-25(18)20(15)27)17-8-6-10-24(17)19(26)11-14-7-4-5-9-21-14/h4-5,7,9,12,17,23H,3,6,8,10-11H2,1-2H3/t17-/m1/s1. The minimum atomic E-state index is -0.0623. The highest BCUT2D eigenvalue weighted by Crippen LogP contribution is 2.31. The van der Waals surface area contributed by atoms with Crippen LogP contribution in [0.2, 0.25) is 0 Å². The van der Waals surface area contributed by atoms with E-state index in [4.69, 9.17) is 0 Å². The lowest BCUT2D eigenvalue weighted by molar-refractivity contribution is -0.131. The monoisotopic (exact) mass is 365 g/mol. The van der Waals surface area contributed by atoms with Crippen LogP contribution in [-0.4, -0.2) is 36.9 Å². The van der Waals surface area contributed by atoms with Crippen LogP contribution in [0, 0.1) is 6.92 Å². The molecule has 0 bridgehead atoms. The third-order valence-corrected chi connectivity index (χ3v) is 5.28. The van der Waals surface area contributed by atoms with Crippen LogP contribution in [-0.2, 0) is 17.6 Å². The number of fused-ring (bicyclic) bond motifs is 1. The summed E-state index contributed by atoms with van der Waals surface area (Å²) < 4.78 is 1.50. The molecule has 1 saturated heterocycles. The number of hydrogen-bond acceptors (Lipinski definition) is 4. The van der Waals surface area contributed by atoms with Gasteiger partial charge in [-0.2, -0.15) is 0 Å². The molecular formula is C20H23N5O2. The van der Waals surface area contributed by atoms with Crippen LogP contribution in [0.1, 0.15) is 48.5 Å². The van der Waals surface area contributed by atoms with Crippen molar-refractivity contribution in [3.8, 4) is 0 Å². The smallest absolute Gasteiger partial charge is 0.276 e. The van der Waals surface area contributed by atoms with Gasteiger partial charge in [0.15, 0.2) is 5.65 Å². The first-order valence-corrected chi connectivity index (χ1v) is 9.39. The predicted molar refractivity (Wildman–Crippen MR) is 102 cm³/mol. The van der Waals surface area contributed by atoms with Crippen molar-refractivity contribution < 1.29 is 4.79 Å². The molecule has 27 heavy (non-hydrogen) atoms. The molecule has 7 heteroatoms. The van der Waals surface area contributed by atoms with E-state index in [1.54, 1.807) is 6.20 Å². The van der Waals surface area contributed by atoms with Crippen LogP contribution in [0.4, 0.5) is 0 Å². The minimum absolute atomic E-state index is 0.0561. The van der Waals surface area contributed by atoms with E-state index in [9.17, 15) is 9.59 Å². The summed E-state index contributed by atoms with van der Waals surface area (Å²) in [6.45, 7) is 4.54. The number of pyridine rings is 1. The number of aryl methyl sites for hydroxylation is 1. The lowest BCUT2D eigenvalue weighted by atomic mass is 10.1. The van der Waals surface area contributed by atoms with Crippen LogP contribution >= 0.6 is 0 Å². The van der Waals surface area contributed by atoms with Crippen molar-refractivity contribution in [3.63, 3.8) is 0 Å². The van der Waals surface area contributed by atoms with Gasteiger partial charge in [-0.15, -0.1) is 0 Å². The summed E-state index contributed by atoms with van der Waals surface area (Å²) in [5, 5.41) is 3.19. The number of H-pyrrole nitrogens is 1. The van der Waals surface area contributed by atoms with Gasteiger partial charge in [0.05, 0.1) is 18.2 Å². The zero-order valence-corrected chi connectivity index (χ0v) is 15.6. The molecule has 3 aromatic rings. The van der Waals surface area contributed by atoms with E-state index in [1.807, 2.05) is 43.0 Å². The van der Waals surface area contributed by atoms with Crippen LogP contribution in [0.5, 0.6) is 0 Å². The number of carbonyl (C=O) groups excluding carboxylic acids is 1. The Hall–Kier alpha value is -2.96. The minimum Gasteiger partial charge on any atom is -0.334 e. The second-order valence-electron chi connectivity index (χ2n) is 6.98. The Morgan fingerprint density at radius 2 is 2.22 bits per heavy atom. The molecule has 4 heterocycles. The van der Waals surface area contributed by atoms with E-state index in [1.165, 1.54) is 4.52 Å². The van der Waals surface area contributed by atoms with Crippen LogP contribution < -0.4 is 5.56 Å². The summed E-state index contributed by atoms with van der Waals surface area (Å²) >= 11 is 0. The predicted octanol–water partition coefficient (Wildman–Crippen LogP) is 2.19. The van der Waals surface area contributed by atoms with Crippen molar-refractivity contribution in [2.45, 2.75) is 45.6 Å². The van der Waals surface area contributed by atoms with E-state index in [0.717, 1.165) is 35.5 Å². The summed E-state index contributed by atoms with van der Waals surface area (Å²) in [7, 11) is 0. The quantitative estimate of drug-likeness (QED) is 0.768. The Morgan fingerprint density at radius 3 is 2.96 bits per heavy atom. The summed E-state index contributed by atoms with van der Waals surface area (Å²) in [5.41, 5.74) is 3.66. The molecule has 0 spiro atoms. The maximum Gasteiger partial charge on any atom is 0.276 e. The summed E-state index contributed by atoms with van der Waals surface area (Å²) in [4.78, 5) is 36.2. The van der Waals surface area contributed by atoms with Gasteiger partial charge < -0.3 is 4.90 Å². The average Bonchev–Trinajstić information content (AvgIpc) is 3.29. The van der Waals surface area contributed by atoms with Crippen molar-refractivity contribution in [2.75, 3.05) is 6.54 Å². The molecule has 0 saturated carbocycles. The third-order valence-electron chi connectivity index (χ3n) is 5.28. The molecule has 1 aliphatic rings. The molecule has 1 aliphatic heterocycles. The average molecular weight is 365 g/mol. The molecule has 1 N–H and O–H groups in total. The van der Waals surface area contributed by atoms with Crippen molar-refractivity contribution >= 4 is 11.6 Å². The Balaban J connectivity index is 1.65. The van der Waals surface area contributed by atoms with E-state index in [2.05, 4.69) is 15.1 Å². The molecule has 7 nitrogen and oxygen atoms in total. The lowest BCUT2D eigenvalue weighted by Crippen LogP contribution is -2.32. The Morgan fingerprint density at radius 1 is 1.37 bits per heavy atom. The molecule has 140 valence electrons. The van der Waals surface area contributed by atoms with Gasteiger partial charge in [0, 0.05) is 35.8 Å². The van der Waals surface area contributed by atoms with Gasteiger partial charge in [-0.3, -0.25) is 19.7 Å². The fourth-order valence-corrected chi connectivity index (χ4v) is 3.91. The van der Waals surface area contributed by atoms with Gasteiger partial charge in [-0.05, 0) is 38.3 Å². The first-order chi connectivity index (χ1) is 13.1. The summed E-state index contributed by atoms with van der Waals surface area (Å²) in [6.07, 6.45) is 4.44. The maximum absolute atomic E-state index is 12.8. The highest BCUT2D eigenvalue weighted by Gasteiger charge is 2.31. The first-order valence-electron chi connectivity index (χ1n) is 9.39. The van der Waals surface area contributed by atoms with E-state index in [0.29, 0.717) is 18.6 Å². The van der Waals surface area contributed by atoms with E-state index >= 15 is 0 Å². The van der Waals surface area contributed by atoms with Gasteiger partial charge in [0.2, 0.25) is 5.91 Å². The largest absolute Gasteiger partial charge is 0.334 e. The number of nitrogens with zero attached hydrogens (tertiary/aromatic N) is 4. The van der Waals surface area contributed by atoms with Crippen molar-refractivity contribution in [3.05, 3.63) is 63.5 Å². The zero-order chi connectivity index (χ0) is 19.0. The molecular weight excluding hydrogens is 342 g/mol. The molecule has 0 aliphatic carbocycles. The van der Waals surface area contributed by atoms with E-state index < -0.39 is 0 Å². The Labute approximate surface area is 157 Å². The number of hydrogen-bond donors (Lipinski definition) is 1. The lowest BCUT2D eigenvalue weighted by Gasteiger charge is -2.23. The molecule has 0 aromatic carbocycles. The number of nitrogens with one attached hydrogen (secondary N) is 1. The first kappa shape index (κ1) is 17.5. The van der Waals surface area contributed by atoms with Crippen molar-refractivity contribution in [2.24, 2.45) is 0 Å². The normalized spacial score (nSPS) is 17.0. The number of amides is 1. The molecule has 1 fully saturated rings. The van der Waals surface area contributed by atoms with Gasteiger partial charge >= 0.3 is 0 Å². The highest BCUT2D eigenvalue weighted by molar-refractivity contribution is 5.79. The number of likely N-dealkylation sites (tertiary alicyclic amines) is 1. The molecule has 0 radical (unpaired) electrons. The van der Waals surface area contributed by atoms with Crippen molar-refractivity contribution in [1.82, 2.24) is 24.5 Å². The van der Waals surface area contributed by atoms with Gasteiger partial charge in [-0.1, -0.05) is 13.0 Å². The molecule has 4 rings (SSSR count). The molecule has 3 aromatic heterocycles. The number of aromatic amines is 1. The van der Waals surface area contributed by atoms with Gasteiger partial charge in [-0.25, -0.2) is 9.50 Å². The Bertz CT molecular complexity index is 1040. The second-order valence-corrected chi connectivity index (χ2v) is 6.98. The van der Waals surface area contributed by atoms with Crippen LogP contribution in [0.15, 0.2) is 35.3 Å². The van der Waals surface area contributed by atoms with Gasteiger partial charge in [0.1, 0.15) is 0 Å². The fourth-order valence-electron chi connectivity index (χ4n) is 3.91. The maximum atomic E-state index is 12.8. The zero-order valence-electron chi connectivity index (χ0n) is 15.6. The Kier molecular flexibility index (Phi) is 4.51. The number of carbonyl (C=O) groups is 1. The number of aromatic nitrogens is 4. The van der Waals surface area contributed by atoms with Crippen molar-refractivity contribution in [1.29, 1.82) is 0 Å². The topological polar surface area (TPSA) is 83.4 Å². The van der Waals surface area contributed by atoms with E-state index in [-0.39, 0.29) is 23.9 Å². The number of rotatable bonds is 4. The molecule has 0 unspecified atom stereocenters.